The topological polar surface area (TPSA) is 26.3 Å². The van der Waals surface area contributed by atoms with E-state index >= 15 is 0 Å². The van der Waals surface area contributed by atoms with E-state index in [0.29, 0.717) is 6.61 Å². The minimum atomic E-state index is 0.0513. The Morgan fingerprint density at radius 1 is 0.750 bits per heavy atom. The summed E-state index contributed by atoms with van der Waals surface area (Å²) < 4.78 is 5.55. The Kier molecular flexibility index (Phi) is 19.2. The largest absolute Gasteiger partial charge is 0.465 e. The zero-order chi connectivity index (χ0) is 17.9. The molecule has 0 rings (SSSR count). The summed E-state index contributed by atoms with van der Waals surface area (Å²) in [5.74, 6) is 0.170. The Hall–Kier alpha value is -0.0500. The van der Waals surface area contributed by atoms with E-state index in [2.05, 4.69) is 29.8 Å². The zero-order valence-electron chi connectivity index (χ0n) is 16.3. The fourth-order valence-electron chi connectivity index (χ4n) is 3.05. The van der Waals surface area contributed by atoms with Crippen molar-refractivity contribution >= 4 is 21.9 Å². The minimum Gasteiger partial charge on any atom is -0.465 e. The van der Waals surface area contributed by atoms with Crippen molar-refractivity contribution in [3.05, 3.63) is 0 Å². The van der Waals surface area contributed by atoms with Gasteiger partial charge in [0.2, 0.25) is 0 Å². The van der Waals surface area contributed by atoms with Crippen molar-refractivity contribution in [3.63, 3.8) is 0 Å². The van der Waals surface area contributed by atoms with E-state index < -0.39 is 0 Å². The molecule has 0 spiro atoms. The van der Waals surface area contributed by atoms with Crippen LogP contribution in [0.5, 0.6) is 0 Å². The maximum absolute atomic E-state index is 12.3. The lowest BCUT2D eigenvalue weighted by atomic mass is 9.96. The normalized spacial score (nSPS) is 12.3. The highest BCUT2D eigenvalue weighted by atomic mass is 79.9. The van der Waals surface area contributed by atoms with Gasteiger partial charge in [0.05, 0.1) is 12.5 Å². The molecule has 0 heterocycles. The first-order chi connectivity index (χ1) is 11.8. The third-order valence-corrected chi connectivity index (χ3v) is 5.23. The molecule has 1 unspecified atom stereocenters. The summed E-state index contributed by atoms with van der Waals surface area (Å²) in [5.41, 5.74) is 0. The summed E-state index contributed by atoms with van der Waals surface area (Å²) >= 11 is 3.47. The summed E-state index contributed by atoms with van der Waals surface area (Å²) in [4.78, 5) is 12.3. The van der Waals surface area contributed by atoms with Gasteiger partial charge in [-0.25, -0.2) is 0 Å². The van der Waals surface area contributed by atoms with Crippen LogP contribution in [0.25, 0.3) is 0 Å². The maximum atomic E-state index is 12.3. The molecule has 0 N–H and O–H groups in total. The average Bonchev–Trinajstić information content (AvgIpc) is 2.59. The Labute approximate surface area is 159 Å². The van der Waals surface area contributed by atoms with Crippen molar-refractivity contribution in [1.82, 2.24) is 0 Å². The van der Waals surface area contributed by atoms with Gasteiger partial charge in [-0.05, 0) is 25.7 Å². The number of hydrogen-bond acceptors (Lipinski definition) is 2. The molecule has 3 heteroatoms. The van der Waals surface area contributed by atoms with Gasteiger partial charge in [0.15, 0.2) is 0 Å². The van der Waals surface area contributed by atoms with E-state index in [4.69, 9.17) is 4.74 Å². The lowest BCUT2D eigenvalue weighted by molar-refractivity contribution is -0.149. The van der Waals surface area contributed by atoms with E-state index in [1.807, 2.05) is 0 Å². The van der Waals surface area contributed by atoms with Gasteiger partial charge in [-0.2, -0.15) is 0 Å². The van der Waals surface area contributed by atoms with Crippen LogP contribution in [-0.4, -0.2) is 17.9 Å². The fourth-order valence-corrected chi connectivity index (χ4v) is 3.37. The lowest BCUT2D eigenvalue weighted by Gasteiger charge is -2.15. The van der Waals surface area contributed by atoms with Crippen molar-refractivity contribution < 1.29 is 9.53 Å². The number of carbonyl (C=O) groups excluding carboxylic acids is 1. The molecule has 1 atom stereocenters. The first-order valence-corrected chi connectivity index (χ1v) is 11.6. The Morgan fingerprint density at radius 2 is 1.25 bits per heavy atom. The molecule has 24 heavy (non-hydrogen) atoms. The number of hydrogen-bond donors (Lipinski definition) is 0. The van der Waals surface area contributed by atoms with Crippen LogP contribution >= 0.6 is 15.9 Å². The lowest BCUT2D eigenvalue weighted by Crippen LogP contribution is -2.19. The molecule has 0 amide bonds. The molecule has 0 aliphatic rings. The number of rotatable bonds is 18. The van der Waals surface area contributed by atoms with Crippen molar-refractivity contribution in [2.24, 2.45) is 5.92 Å². The summed E-state index contributed by atoms with van der Waals surface area (Å²) in [6.45, 7) is 5.09. The summed E-state index contributed by atoms with van der Waals surface area (Å²) in [5, 5.41) is 0.976. The third-order valence-electron chi connectivity index (χ3n) is 4.67. The van der Waals surface area contributed by atoms with Crippen molar-refractivity contribution in [1.29, 1.82) is 0 Å². The molecule has 0 aromatic carbocycles. The highest BCUT2D eigenvalue weighted by molar-refractivity contribution is 9.09. The van der Waals surface area contributed by atoms with Gasteiger partial charge in [0.1, 0.15) is 0 Å². The number of ether oxygens (including phenoxy) is 1. The number of carbonyl (C=O) groups is 1. The van der Waals surface area contributed by atoms with Gasteiger partial charge in [0, 0.05) is 5.33 Å². The molecule has 0 aromatic heterocycles. The monoisotopic (exact) mass is 404 g/mol. The highest BCUT2D eigenvalue weighted by Gasteiger charge is 2.18. The summed E-state index contributed by atoms with van der Waals surface area (Å²) in [7, 11) is 0. The Bertz CT molecular complexity index is 269. The summed E-state index contributed by atoms with van der Waals surface area (Å²) in [6, 6.07) is 0. The van der Waals surface area contributed by atoms with E-state index in [-0.39, 0.29) is 11.9 Å². The van der Waals surface area contributed by atoms with Crippen molar-refractivity contribution in [2.45, 2.75) is 110 Å². The molecular weight excluding hydrogens is 364 g/mol. The fraction of sp³-hybridized carbons (Fsp3) is 0.952. The smallest absolute Gasteiger partial charge is 0.308 e. The van der Waals surface area contributed by atoms with Crippen LogP contribution in [0.15, 0.2) is 0 Å². The molecule has 0 saturated carbocycles. The second kappa shape index (κ2) is 19.3. The molecule has 0 saturated heterocycles. The van der Waals surface area contributed by atoms with Crippen LogP contribution in [-0.2, 0) is 9.53 Å². The first-order valence-electron chi connectivity index (χ1n) is 10.5. The van der Waals surface area contributed by atoms with Crippen LogP contribution in [0.2, 0.25) is 0 Å². The van der Waals surface area contributed by atoms with E-state index in [1.165, 1.54) is 64.2 Å². The molecule has 0 aromatic rings. The molecular formula is C21H41BrO2. The van der Waals surface area contributed by atoms with Gasteiger partial charge in [-0.15, -0.1) is 0 Å². The molecule has 144 valence electrons. The predicted molar refractivity (Wildman–Crippen MR) is 109 cm³/mol. The van der Waals surface area contributed by atoms with Crippen LogP contribution < -0.4 is 0 Å². The van der Waals surface area contributed by atoms with E-state index in [1.54, 1.807) is 0 Å². The van der Waals surface area contributed by atoms with Gasteiger partial charge in [0.25, 0.3) is 0 Å². The van der Waals surface area contributed by atoms with E-state index in [9.17, 15) is 4.79 Å². The zero-order valence-corrected chi connectivity index (χ0v) is 17.9. The average molecular weight is 405 g/mol. The standard InChI is InChI=1S/C21H41BrO2/c1-3-5-7-9-10-11-12-14-19-24-21(23)20(17-15-18-22)16-13-8-6-4-2/h20H,3-19H2,1-2H3. The molecule has 0 radical (unpaired) electrons. The third kappa shape index (κ3) is 15.5. The highest BCUT2D eigenvalue weighted by Crippen LogP contribution is 2.19. The number of unbranched alkanes of at least 4 members (excludes halogenated alkanes) is 10. The van der Waals surface area contributed by atoms with Crippen LogP contribution in [0.1, 0.15) is 110 Å². The van der Waals surface area contributed by atoms with Gasteiger partial charge in [-0.3, -0.25) is 4.79 Å². The molecule has 0 bridgehead atoms. The molecule has 2 nitrogen and oxygen atoms in total. The van der Waals surface area contributed by atoms with E-state index in [0.717, 1.165) is 37.4 Å². The second-order valence-electron chi connectivity index (χ2n) is 7.02. The van der Waals surface area contributed by atoms with Gasteiger partial charge >= 0.3 is 5.97 Å². The Balaban J connectivity index is 3.72. The quantitative estimate of drug-likeness (QED) is 0.135. The molecule has 0 aliphatic heterocycles. The van der Waals surface area contributed by atoms with Crippen molar-refractivity contribution in [2.75, 3.05) is 11.9 Å². The maximum Gasteiger partial charge on any atom is 0.308 e. The number of esters is 1. The summed E-state index contributed by atoms with van der Waals surface area (Å²) in [6.07, 6.45) is 18.2. The molecule has 0 fully saturated rings. The first kappa shape index (κ1) is 23.9. The Morgan fingerprint density at radius 3 is 1.83 bits per heavy atom. The van der Waals surface area contributed by atoms with Crippen LogP contribution in [0, 0.1) is 5.92 Å². The second-order valence-corrected chi connectivity index (χ2v) is 7.81. The minimum absolute atomic E-state index is 0.0513. The van der Waals surface area contributed by atoms with Crippen LogP contribution in [0.4, 0.5) is 0 Å². The van der Waals surface area contributed by atoms with Crippen molar-refractivity contribution in [3.8, 4) is 0 Å². The predicted octanol–water partition coefficient (Wildman–Crippen LogP) is 7.43. The van der Waals surface area contributed by atoms with Gasteiger partial charge < -0.3 is 4.74 Å². The van der Waals surface area contributed by atoms with Gasteiger partial charge in [-0.1, -0.05) is 100 Å². The SMILES string of the molecule is CCCCCCCCCCOC(=O)C(CCCBr)CCCCCC. The number of halogens is 1. The molecule has 0 aliphatic carbocycles. The van der Waals surface area contributed by atoms with Crippen LogP contribution in [0.3, 0.4) is 0 Å². The number of alkyl halides is 1.